The first-order valence-electron chi connectivity index (χ1n) is 4.21. The van der Waals surface area contributed by atoms with E-state index >= 15 is 0 Å². The zero-order valence-corrected chi connectivity index (χ0v) is 7.18. The second-order valence-electron chi connectivity index (χ2n) is 2.79. The monoisotopic (exact) mass is 153 g/mol. The molecule has 3 heteroatoms. The lowest BCUT2D eigenvalue weighted by atomic mass is 9.84. The van der Waals surface area contributed by atoms with Crippen molar-refractivity contribution in [3.05, 3.63) is 0 Å². The Balaban J connectivity index is 3.44. The van der Waals surface area contributed by atoms with E-state index in [1.165, 1.54) is 0 Å². The van der Waals surface area contributed by atoms with Gasteiger partial charge in [-0.15, -0.1) is 0 Å². The van der Waals surface area contributed by atoms with Gasteiger partial charge in [0.1, 0.15) is 0 Å². The van der Waals surface area contributed by atoms with Crippen molar-refractivity contribution in [3.63, 3.8) is 0 Å². The molecule has 0 aromatic heterocycles. The van der Waals surface area contributed by atoms with E-state index in [9.17, 15) is 4.79 Å². The van der Waals surface area contributed by atoms with Gasteiger partial charge in [0.15, 0.2) is 7.85 Å². The first kappa shape index (κ1) is 10.7. The Kier molecular flexibility index (Phi) is 6.23. The molecule has 0 aromatic carbocycles. The molecule has 0 aliphatic carbocycles. The summed E-state index contributed by atoms with van der Waals surface area (Å²) in [5.41, 5.74) is 5.14. The highest BCUT2D eigenvalue weighted by atomic mass is 16.1. The van der Waals surface area contributed by atoms with Crippen LogP contribution in [0, 0.1) is 5.92 Å². The van der Waals surface area contributed by atoms with Gasteiger partial charge < -0.3 is 10.5 Å². The Labute approximate surface area is 69.9 Å². The number of hydrogen-bond acceptors (Lipinski definition) is 2. The maximum atomic E-state index is 10.7. The van der Waals surface area contributed by atoms with Crippen molar-refractivity contribution in [2.75, 3.05) is 6.54 Å². The summed E-state index contributed by atoms with van der Waals surface area (Å²) in [6.07, 6.45) is 3.74. The summed E-state index contributed by atoms with van der Waals surface area (Å²) >= 11 is 0. The minimum absolute atomic E-state index is 0.0570. The molecule has 62 valence electrons. The quantitative estimate of drug-likeness (QED) is 0.453. The number of unbranched alkanes of at least 4 members (excludes halogenated alkanes) is 1. The Bertz CT molecular complexity index is 117. The predicted octanol–water partition coefficient (Wildman–Crippen LogP) is 0.837. The molecule has 0 heterocycles. The van der Waals surface area contributed by atoms with Crippen molar-refractivity contribution in [1.29, 1.82) is 0 Å². The van der Waals surface area contributed by atoms with Crippen molar-refractivity contribution < 1.29 is 4.79 Å². The smallest absolute Gasteiger partial charge is 0.168 e. The first-order valence-corrected chi connectivity index (χ1v) is 4.21. The van der Waals surface area contributed by atoms with Crippen LogP contribution < -0.4 is 5.73 Å². The van der Waals surface area contributed by atoms with Gasteiger partial charge in [0.25, 0.3) is 0 Å². The molecule has 0 amide bonds. The van der Waals surface area contributed by atoms with Gasteiger partial charge in [-0.2, -0.15) is 0 Å². The van der Waals surface area contributed by atoms with Gasteiger partial charge in [-0.3, -0.25) is 0 Å². The lowest BCUT2D eigenvalue weighted by molar-refractivity contribution is -0.115. The van der Waals surface area contributed by atoms with Crippen LogP contribution in [0.25, 0.3) is 0 Å². The summed E-state index contributed by atoms with van der Waals surface area (Å²) in [6, 6.07) is 0. The third-order valence-electron chi connectivity index (χ3n) is 1.90. The van der Waals surface area contributed by atoms with E-state index in [0.717, 1.165) is 25.7 Å². The highest BCUT2D eigenvalue weighted by Crippen LogP contribution is 2.11. The van der Waals surface area contributed by atoms with Gasteiger partial charge in [0.05, 0.1) is 5.68 Å². The molecule has 2 radical (unpaired) electrons. The fraction of sp³-hybridized carbons (Fsp3) is 0.875. The van der Waals surface area contributed by atoms with E-state index in [2.05, 4.69) is 0 Å². The SMILES string of the molecule is [B]C(=O)[C@@H](CC)CCCCN. The molecule has 11 heavy (non-hydrogen) atoms. The molecule has 0 fully saturated rings. The number of rotatable bonds is 6. The first-order chi connectivity index (χ1) is 5.22. The Morgan fingerprint density at radius 1 is 1.55 bits per heavy atom. The average molecular weight is 153 g/mol. The van der Waals surface area contributed by atoms with Crippen LogP contribution in [0.3, 0.4) is 0 Å². The Morgan fingerprint density at radius 3 is 2.55 bits per heavy atom. The molecule has 0 unspecified atom stereocenters. The van der Waals surface area contributed by atoms with Crippen molar-refractivity contribution >= 4 is 13.5 Å². The van der Waals surface area contributed by atoms with Crippen LogP contribution in [-0.4, -0.2) is 20.1 Å². The normalized spacial score (nSPS) is 12.9. The van der Waals surface area contributed by atoms with Gasteiger partial charge in [0, 0.05) is 5.92 Å². The van der Waals surface area contributed by atoms with E-state index < -0.39 is 0 Å². The van der Waals surface area contributed by atoms with E-state index in [1.54, 1.807) is 0 Å². The minimum Gasteiger partial charge on any atom is -0.330 e. The molecule has 0 bridgehead atoms. The molecule has 0 saturated heterocycles. The number of hydrogen-bond donors (Lipinski definition) is 1. The maximum Gasteiger partial charge on any atom is 0.168 e. The van der Waals surface area contributed by atoms with Crippen LogP contribution in [0.1, 0.15) is 32.6 Å². The van der Waals surface area contributed by atoms with Crippen molar-refractivity contribution in [3.8, 4) is 0 Å². The van der Waals surface area contributed by atoms with Gasteiger partial charge in [-0.1, -0.05) is 13.3 Å². The third-order valence-corrected chi connectivity index (χ3v) is 1.90. The van der Waals surface area contributed by atoms with Crippen molar-refractivity contribution in [2.24, 2.45) is 11.7 Å². The van der Waals surface area contributed by atoms with Gasteiger partial charge in [0.2, 0.25) is 0 Å². The predicted molar refractivity (Wildman–Crippen MR) is 47.4 cm³/mol. The molecule has 2 nitrogen and oxygen atoms in total. The maximum absolute atomic E-state index is 10.7. The highest BCUT2D eigenvalue weighted by Gasteiger charge is 2.09. The largest absolute Gasteiger partial charge is 0.330 e. The van der Waals surface area contributed by atoms with Gasteiger partial charge >= 0.3 is 0 Å². The van der Waals surface area contributed by atoms with E-state index in [-0.39, 0.29) is 11.6 Å². The molecule has 0 saturated carbocycles. The van der Waals surface area contributed by atoms with E-state index in [4.69, 9.17) is 13.6 Å². The van der Waals surface area contributed by atoms with E-state index in [1.807, 2.05) is 6.92 Å². The summed E-state index contributed by atoms with van der Waals surface area (Å²) in [5.74, 6) is 0.0570. The molecule has 0 spiro atoms. The standard InChI is InChI=1S/C8H16BNO/c1-2-7(8(9)11)5-3-4-6-10/h7H,2-6,10H2,1H3/t7-/m0/s1. The number of carbonyl (C=O) groups is 1. The zero-order valence-electron chi connectivity index (χ0n) is 7.18. The summed E-state index contributed by atoms with van der Waals surface area (Å²) < 4.78 is 0. The van der Waals surface area contributed by atoms with Crippen molar-refractivity contribution in [2.45, 2.75) is 32.6 Å². The summed E-state index contributed by atoms with van der Waals surface area (Å²) in [6.45, 7) is 2.69. The Morgan fingerprint density at radius 2 is 2.18 bits per heavy atom. The molecular formula is C8H16BNO. The van der Waals surface area contributed by atoms with Crippen LogP contribution in [0.4, 0.5) is 0 Å². The second-order valence-corrected chi connectivity index (χ2v) is 2.79. The molecule has 0 aliphatic rings. The molecule has 0 aliphatic heterocycles. The fourth-order valence-corrected chi connectivity index (χ4v) is 1.08. The Hall–Kier alpha value is -0.305. The number of nitrogens with two attached hydrogens (primary N) is 1. The van der Waals surface area contributed by atoms with Crippen LogP contribution in [0.2, 0.25) is 0 Å². The third kappa shape index (κ3) is 5.02. The number of carbonyl (C=O) groups excluding carboxylic acids is 1. The zero-order chi connectivity index (χ0) is 8.69. The summed E-state index contributed by atoms with van der Waals surface area (Å²) in [7, 11) is 5.16. The van der Waals surface area contributed by atoms with Crippen LogP contribution >= 0.6 is 0 Å². The lowest BCUT2D eigenvalue weighted by Crippen LogP contribution is -2.13. The fourth-order valence-electron chi connectivity index (χ4n) is 1.08. The minimum atomic E-state index is -0.176. The van der Waals surface area contributed by atoms with Gasteiger partial charge in [-0.05, 0) is 25.8 Å². The molecule has 1 atom stereocenters. The summed E-state index contributed by atoms with van der Waals surface area (Å²) in [4.78, 5) is 10.7. The van der Waals surface area contributed by atoms with Crippen LogP contribution in [0.5, 0.6) is 0 Å². The lowest BCUT2D eigenvalue weighted by Gasteiger charge is -2.09. The topological polar surface area (TPSA) is 43.1 Å². The van der Waals surface area contributed by atoms with Crippen molar-refractivity contribution in [1.82, 2.24) is 0 Å². The van der Waals surface area contributed by atoms with Crippen LogP contribution in [0.15, 0.2) is 0 Å². The van der Waals surface area contributed by atoms with Gasteiger partial charge in [-0.25, -0.2) is 0 Å². The molecule has 0 aromatic rings. The highest BCUT2D eigenvalue weighted by molar-refractivity contribution is 6.58. The molecular weight excluding hydrogens is 137 g/mol. The van der Waals surface area contributed by atoms with Crippen LogP contribution in [-0.2, 0) is 4.79 Å². The molecule has 2 N–H and O–H groups in total. The van der Waals surface area contributed by atoms with E-state index in [0.29, 0.717) is 6.54 Å². The molecule has 0 rings (SSSR count). The second kappa shape index (κ2) is 6.41. The average Bonchev–Trinajstić information content (AvgIpc) is 1.97. The summed E-state index contributed by atoms with van der Waals surface area (Å²) in [5, 5.41) is 0.